The van der Waals surface area contributed by atoms with Gasteiger partial charge in [0.05, 0.1) is 6.61 Å². The molecule has 1 heterocycles. The van der Waals surface area contributed by atoms with Crippen LogP contribution >= 0.6 is 15.9 Å². The Morgan fingerprint density at radius 3 is 2.84 bits per heavy atom. The minimum atomic E-state index is -0.0102. The van der Waals surface area contributed by atoms with Crippen molar-refractivity contribution in [2.45, 2.75) is 25.8 Å². The average Bonchev–Trinajstić information content (AvgIpc) is 3.23. The predicted octanol–water partition coefficient (Wildman–Crippen LogP) is 2.73. The number of carbonyl (C=O) groups is 1. The van der Waals surface area contributed by atoms with E-state index in [4.69, 9.17) is 4.74 Å². The zero-order valence-corrected chi connectivity index (χ0v) is 12.9. The highest BCUT2D eigenvalue weighted by atomic mass is 79.9. The molecule has 0 spiro atoms. The van der Waals surface area contributed by atoms with E-state index in [1.165, 1.54) is 12.8 Å². The van der Waals surface area contributed by atoms with E-state index in [9.17, 15) is 4.79 Å². The second-order valence-electron chi connectivity index (χ2n) is 4.93. The first-order chi connectivity index (χ1) is 9.13. The standard InChI is InChI=1S/C14H19BrN2O2/c1-10(11-3-4-11)17(7-8-19-2)14(18)13-6-5-12(15)9-16-13/h5-6,9-11H,3-4,7-8H2,1-2H3. The van der Waals surface area contributed by atoms with Gasteiger partial charge in [0.1, 0.15) is 5.69 Å². The van der Waals surface area contributed by atoms with Gasteiger partial charge in [0.25, 0.3) is 5.91 Å². The Balaban J connectivity index is 2.11. The van der Waals surface area contributed by atoms with Crippen LogP contribution in [-0.4, -0.2) is 42.1 Å². The number of hydrogen-bond acceptors (Lipinski definition) is 3. The molecule has 0 N–H and O–H groups in total. The van der Waals surface area contributed by atoms with Crippen LogP contribution in [0.25, 0.3) is 0 Å². The lowest BCUT2D eigenvalue weighted by molar-refractivity contribution is 0.0589. The molecule has 1 aromatic rings. The summed E-state index contributed by atoms with van der Waals surface area (Å²) in [4.78, 5) is 18.6. The Morgan fingerprint density at radius 1 is 1.58 bits per heavy atom. The van der Waals surface area contributed by atoms with Crippen molar-refractivity contribution in [3.8, 4) is 0 Å². The van der Waals surface area contributed by atoms with Crippen LogP contribution in [-0.2, 0) is 4.74 Å². The van der Waals surface area contributed by atoms with E-state index in [2.05, 4.69) is 27.8 Å². The van der Waals surface area contributed by atoms with Crippen molar-refractivity contribution < 1.29 is 9.53 Å². The fraction of sp³-hybridized carbons (Fsp3) is 0.571. The number of halogens is 1. The van der Waals surface area contributed by atoms with Gasteiger partial charge >= 0.3 is 0 Å². The van der Waals surface area contributed by atoms with E-state index in [1.807, 2.05) is 11.0 Å². The zero-order valence-electron chi connectivity index (χ0n) is 11.3. The number of methoxy groups -OCH3 is 1. The molecule has 1 amide bonds. The molecule has 4 nitrogen and oxygen atoms in total. The molecule has 0 saturated heterocycles. The highest BCUT2D eigenvalue weighted by Crippen LogP contribution is 2.35. The fourth-order valence-corrected chi connectivity index (χ4v) is 2.40. The van der Waals surface area contributed by atoms with E-state index in [0.29, 0.717) is 24.8 Å². The summed E-state index contributed by atoms with van der Waals surface area (Å²) in [5, 5.41) is 0. The number of carbonyl (C=O) groups excluding carboxylic acids is 1. The summed E-state index contributed by atoms with van der Waals surface area (Å²) in [6.07, 6.45) is 4.08. The van der Waals surface area contributed by atoms with E-state index >= 15 is 0 Å². The van der Waals surface area contributed by atoms with Gasteiger partial charge in [-0.2, -0.15) is 0 Å². The molecule has 5 heteroatoms. The number of aromatic nitrogens is 1. The van der Waals surface area contributed by atoms with Crippen LogP contribution in [0.4, 0.5) is 0 Å². The van der Waals surface area contributed by atoms with Gasteiger partial charge in [0.2, 0.25) is 0 Å². The Hall–Kier alpha value is -0.940. The third kappa shape index (κ3) is 3.76. The first-order valence-corrected chi connectivity index (χ1v) is 7.34. The van der Waals surface area contributed by atoms with Crippen molar-refractivity contribution in [1.82, 2.24) is 9.88 Å². The molecule has 2 rings (SSSR count). The third-order valence-corrected chi connectivity index (χ3v) is 4.01. The molecule has 1 aliphatic carbocycles. The minimum Gasteiger partial charge on any atom is -0.383 e. The number of amides is 1. The van der Waals surface area contributed by atoms with Crippen molar-refractivity contribution in [1.29, 1.82) is 0 Å². The molecule has 0 bridgehead atoms. The van der Waals surface area contributed by atoms with Gasteiger partial charge in [-0.3, -0.25) is 4.79 Å². The molecular formula is C14H19BrN2O2. The Labute approximate surface area is 122 Å². The summed E-state index contributed by atoms with van der Waals surface area (Å²) in [6.45, 7) is 3.29. The van der Waals surface area contributed by atoms with Crippen LogP contribution in [0.5, 0.6) is 0 Å². The molecule has 19 heavy (non-hydrogen) atoms. The van der Waals surface area contributed by atoms with Crippen molar-refractivity contribution in [2.75, 3.05) is 20.3 Å². The quantitative estimate of drug-likeness (QED) is 0.807. The Morgan fingerprint density at radius 2 is 2.32 bits per heavy atom. The fourth-order valence-electron chi connectivity index (χ4n) is 2.16. The molecule has 1 aliphatic rings. The summed E-state index contributed by atoms with van der Waals surface area (Å²) in [7, 11) is 1.66. The predicted molar refractivity (Wildman–Crippen MR) is 77.0 cm³/mol. The topological polar surface area (TPSA) is 42.4 Å². The van der Waals surface area contributed by atoms with E-state index in [0.717, 1.165) is 4.47 Å². The van der Waals surface area contributed by atoms with Gasteiger partial charge in [-0.25, -0.2) is 4.98 Å². The van der Waals surface area contributed by atoms with E-state index in [1.54, 1.807) is 19.4 Å². The lowest BCUT2D eigenvalue weighted by Crippen LogP contribution is -2.42. The normalized spacial score (nSPS) is 16.2. The number of nitrogens with zero attached hydrogens (tertiary/aromatic N) is 2. The zero-order chi connectivity index (χ0) is 13.8. The maximum absolute atomic E-state index is 12.5. The van der Waals surface area contributed by atoms with Crippen LogP contribution in [0.3, 0.4) is 0 Å². The Bertz CT molecular complexity index is 432. The molecule has 104 valence electrons. The van der Waals surface area contributed by atoms with Crippen molar-refractivity contribution >= 4 is 21.8 Å². The minimum absolute atomic E-state index is 0.0102. The second kappa shape index (κ2) is 6.48. The van der Waals surface area contributed by atoms with E-state index in [-0.39, 0.29) is 11.9 Å². The second-order valence-corrected chi connectivity index (χ2v) is 5.85. The van der Waals surface area contributed by atoms with Gasteiger partial charge in [0.15, 0.2) is 0 Å². The van der Waals surface area contributed by atoms with Gasteiger partial charge < -0.3 is 9.64 Å². The molecule has 1 saturated carbocycles. The average molecular weight is 327 g/mol. The number of pyridine rings is 1. The maximum atomic E-state index is 12.5. The monoisotopic (exact) mass is 326 g/mol. The summed E-state index contributed by atoms with van der Waals surface area (Å²) in [6, 6.07) is 3.86. The number of ether oxygens (including phenoxy) is 1. The first kappa shape index (κ1) is 14.5. The number of hydrogen-bond donors (Lipinski definition) is 0. The summed E-state index contributed by atoms with van der Waals surface area (Å²) in [5.41, 5.74) is 0.492. The SMILES string of the molecule is COCCN(C(=O)c1ccc(Br)cn1)C(C)C1CC1. The van der Waals surface area contributed by atoms with E-state index < -0.39 is 0 Å². The number of rotatable bonds is 6. The van der Waals surface area contributed by atoms with Gasteiger partial charge in [-0.15, -0.1) is 0 Å². The lowest BCUT2D eigenvalue weighted by Gasteiger charge is -2.29. The van der Waals surface area contributed by atoms with Gasteiger partial charge in [-0.05, 0) is 53.7 Å². The van der Waals surface area contributed by atoms with Crippen LogP contribution in [0, 0.1) is 5.92 Å². The Kier molecular flexibility index (Phi) is 4.93. The highest BCUT2D eigenvalue weighted by Gasteiger charge is 2.34. The maximum Gasteiger partial charge on any atom is 0.272 e. The van der Waals surface area contributed by atoms with Crippen LogP contribution < -0.4 is 0 Å². The molecule has 0 aromatic carbocycles. The molecule has 0 aliphatic heterocycles. The van der Waals surface area contributed by atoms with Gasteiger partial charge in [-0.1, -0.05) is 0 Å². The summed E-state index contributed by atoms with van der Waals surface area (Å²) >= 11 is 3.33. The van der Waals surface area contributed by atoms with Crippen LogP contribution in [0.1, 0.15) is 30.3 Å². The smallest absolute Gasteiger partial charge is 0.272 e. The molecule has 1 aromatic heterocycles. The third-order valence-electron chi connectivity index (χ3n) is 3.54. The van der Waals surface area contributed by atoms with Gasteiger partial charge in [0, 0.05) is 30.4 Å². The summed E-state index contributed by atoms with van der Waals surface area (Å²) < 4.78 is 5.98. The van der Waals surface area contributed by atoms with Crippen molar-refractivity contribution in [3.05, 3.63) is 28.5 Å². The molecule has 1 atom stereocenters. The van der Waals surface area contributed by atoms with Crippen LogP contribution in [0.2, 0.25) is 0 Å². The van der Waals surface area contributed by atoms with Crippen LogP contribution in [0.15, 0.2) is 22.8 Å². The molecule has 1 unspecified atom stereocenters. The summed E-state index contributed by atoms with van der Waals surface area (Å²) in [5.74, 6) is 0.625. The molecular weight excluding hydrogens is 308 g/mol. The molecule has 0 radical (unpaired) electrons. The molecule has 1 fully saturated rings. The lowest BCUT2D eigenvalue weighted by atomic mass is 10.1. The van der Waals surface area contributed by atoms with Crippen molar-refractivity contribution in [3.63, 3.8) is 0 Å². The first-order valence-electron chi connectivity index (χ1n) is 6.55. The van der Waals surface area contributed by atoms with Crippen molar-refractivity contribution in [2.24, 2.45) is 5.92 Å². The largest absolute Gasteiger partial charge is 0.383 e. The highest BCUT2D eigenvalue weighted by molar-refractivity contribution is 9.10.